The number of hydrogen-bond donors (Lipinski definition) is 0. The number of rotatable bonds is 6. The molecular formula is C14H15NO3. The minimum atomic E-state index is 0.523. The molecule has 0 spiro atoms. The van der Waals surface area contributed by atoms with Crippen molar-refractivity contribution in [3.8, 4) is 11.5 Å². The summed E-state index contributed by atoms with van der Waals surface area (Å²) in [5.74, 6) is 1.23. The second-order valence-corrected chi connectivity index (χ2v) is 3.79. The maximum Gasteiger partial charge on any atom is 0.153 e. The molecule has 0 saturated carbocycles. The zero-order chi connectivity index (χ0) is 12.8. The minimum Gasteiger partial charge on any atom is -0.496 e. The molecule has 1 aromatic carbocycles. The van der Waals surface area contributed by atoms with E-state index in [1.165, 1.54) is 7.11 Å². The van der Waals surface area contributed by atoms with E-state index in [0.717, 1.165) is 12.8 Å². The molecule has 0 N–H and O–H groups in total. The van der Waals surface area contributed by atoms with Gasteiger partial charge in [0.1, 0.15) is 18.1 Å². The summed E-state index contributed by atoms with van der Waals surface area (Å²) in [4.78, 5) is 10.7. The van der Waals surface area contributed by atoms with Gasteiger partial charge in [-0.2, -0.15) is 0 Å². The van der Waals surface area contributed by atoms with E-state index in [1.807, 2.05) is 29.1 Å². The highest BCUT2D eigenvalue weighted by Crippen LogP contribution is 2.23. The molecule has 0 atom stereocenters. The summed E-state index contributed by atoms with van der Waals surface area (Å²) in [5.41, 5.74) is 0.523. The van der Waals surface area contributed by atoms with Gasteiger partial charge in [0.05, 0.1) is 19.2 Å². The minimum absolute atomic E-state index is 0.523. The van der Waals surface area contributed by atoms with Gasteiger partial charge in [-0.05, 0) is 24.3 Å². The van der Waals surface area contributed by atoms with Gasteiger partial charge in [-0.25, -0.2) is 0 Å². The fourth-order valence-electron chi connectivity index (χ4n) is 1.67. The summed E-state index contributed by atoms with van der Waals surface area (Å²) in [6, 6.07) is 9.13. The predicted molar refractivity (Wildman–Crippen MR) is 68.3 cm³/mol. The van der Waals surface area contributed by atoms with Gasteiger partial charge in [-0.3, -0.25) is 4.79 Å². The van der Waals surface area contributed by atoms with Gasteiger partial charge in [-0.1, -0.05) is 0 Å². The van der Waals surface area contributed by atoms with Gasteiger partial charge in [0.15, 0.2) is 6.29 Å². The van der Waals surface area contributed by atoms with Crippen LogP contribution in [0.4, 0.5) is 0 Å². The van der Waals surface area contributed by atoms with E-state index in [9.17, 15) is 4.79 Å². The van der Waals surface area contributed by atoms with Gasteiger partial charge in [-0.15, -0.1) is 0 Å². The molecule has 0 aliphatic heterocycles. The first kappa shape index (κ1) is 12.2. The van der Waals surface area contributed by atoms with Crippen molar-refractivity contribution in [2.75, 3.05) is 13.7 Å². The Morgan fingerprint density at radius 2 is 2.06 bits per heavy atom. The molecule has 4 heteroatoms. The van der Waals surface area contributed by atoms with Crippen molar-refractivity contribution in [1.82, 2.24) is 4.57 Å². The number of carbonyl (C=O) groups is 1. The number of aldehydes is 1. The molecule has 94 valence electrons. The number of aromatic nitrogens is 1. The number of methoxy groups -OCH3 is 1. The van der Waals surface area contributed by atoms with Crippen LogP contribution in [-0.2, 0) is 6.54 Å². The number of nitrogens with zero attached hydrogens (tertiary/aromatic N) is 1. The lowest BCUT2D eigenvalue weighted by molar-refractivity contribution is 0.112. The first-order chi connectivity index (χ1) is 8.83. The van der Waals surface area contributed by atoms with Crippen LogP contribution in [0.1, 0.15) is 10.4 Å². The lowest BCUT2D eigenvalue weighted by Gasteiger charge is -2.09. The number of benzene rings is 1. The smallest absolute Gasteiger partial charge is 0.153 e. The Balaban J connectivity index is 1.95. The Kier molecular flexibility index (Phi) is 4.02. The van der Waals surface area contributed by atoms with Crippen molar-refractivity contribution in [3.63, 3.8) is 0 Å². The third kappa shape index (κ3) is 2.91. The molecule has 1 aromatic heterocycles. The lowest BCUT2D eigenvalue weighted by Crippen LogP contribution is -2.06. The number of carbonyl (C=O) groups excluding carboxylic acids is 1. The quantitative estimate of drug-likeness (QED) is 0.734. The predicted octanol–water partition coefficient (Wildman–Crippen LogP) is 2.39. The average Bonchev–Trinajstić information content (AvgIpc) is 2.91. The Morgan fingerprint density at radius 3 is 2.72 bits per heavy atom. The molecule has 4 nitrogen and oxygen atoms in total. The second-order valence-electron chi connectivity index (χ2n) is 3.79. The molecule has 0 aliphatic carbocycles. The Labute approximate surface area is 106 Å². The van der Waals surface area contributed by atoms with Crippen molar-refractivity contribution < 1.29 is 14.3 Å². The average molecular weight is 245 g/mol. The monoisotopic (exact) mass is 245 g/mol. The highest BCUT2D eigenvalue weighted by molar-refractivity contribution is 5.79. The molecule has 0 fully saturated rings. The maximum atomic E-state index is 10.7. The molecule has 0 saturated heterocycles. The van der Waals surface area contributed by atoms with Crippen LogP contribution in [0.25, 0.3) is 0 Å². The molecule has 2 aromatic rings. The van der Waals surface area contributed by atoms with E-state index in [0.29, 0.717) is 23.7 Å². The first-order valence-corrected chi connectivity index (χ1v) is 5.70. The third-order valence-electron chi connectivity index (χ3n) is 2.62. The molecular weight excluding hydrogens is 230 g/mol. The van der Waals surface area contributed by atoms with Gasteiger partial charge in [0.25, 0.3) is 0 Å². The molecule has 0 radical (unpaired) electrons. The first-order valence-electron chi connectivity index (χ1n) is 5.70. The molecule has 0 unspecified atom stereocenters. The molecule has 0 bridgehead atoms. The van der Waals surface area contributed by atoms with Crippen LogP contribution < -0.4 is 9.47 Å². The van der Waals surface area contributed by atoms with Gasteiger partial charge >= 0.3 is 0 Å². The summed E-state index contributed by atoms with van der Waals surface area (Å²) < 4.78 is 12.8. The number of hydrogen-bond acceptors (Lipinski definition) is 3. The normalized spacial score (nSPS) is 10.1. The van der Waals surface area contributed by atoms with Gasteiger partial charge in [0.2, 0.25) is 0 Å². The zero-order valence-corrected chi connectivity index (χ0v) is 10.2. The summed E-state index contributed by atoms with van der Waals surface area (Å²) in [6.07, 6.45) is 4.74. The highest BCUT2D eigenvalue weighted by Gasteiger charge is 2.04. The van der Waals surface area contributed by atoms with Crippen molar-refractivity contribution in [2.45, 2.75) is 6.54 Å². The standard InChI is InChI=1S/C14H15NO3/c1-17-14-10-13(5-4-12(14)11-16)18-9-8-15-6-2-3-7-15/h2-7,10-11H,8-9H2,1H3. The topological polar surface area (TPSA) is 40.5 Å². The fraction of sp³-hybridized carbons (Fsp3) is 0.214. The van der Waals surface area contributed by atoms with E-state index >= 15 is 0 Å². The van der Waals surface area contributed by atoms with Gasteiger partial charge in [0, 0.05) is 18.5 Å². The summed E-state index contributed by atoms with van der Waals surface area (Å²) >= 11 is 0. The van der Waals surface area contributed by atoms with Crippen LogP contribution >= 0.6 is 0 Å². The van der Waals surface area contributed by atoms with Crippen LogP contribution in [0.3, 0.4) is 0 Å². The molecule has 0 amide bonds. The van der Waals surface area contributed by atoms with Crippen molar-refractivity contribution in [1.29, 1.82) is 0 Å². The zero-order valence-electron chi connectivity index (χ0n) is 10.2. The summed E-state index contributed by atoms with van der Waals surface area (Å²) in [7, 11) is 1.53. The third-order valence-corrected chi connectivity index (χ3v) is 2.62. The van der Waals surface area contributed by atoms with E-state index in [-0.39, 0.29) is 0 Å². The Morgan fingerprint density at radius 1 is 1.28 bits per heavy atom. The van der Waals surface area contributed by atoms with E-state index in [1.54, 1.807) is 18.2 Å². The van der Waals surface area contributed by atoms with Crippen LogP contribution in [0.2, 0.25) is 0 Å². The van der Waals surface area contributed by atoms with Crippen molar-refractivity contribution in [3.05, 3.63) is 48.3 Å². The van der Waals surface area contributed by atoms with Crippen molar-refractivity contribution >= 4 is 6.29 Å². The van der Waals surface area contributed by atoms with Crippen LogP contribution in [0.5, 0.6) is 11.5 Å². The van der Waals surface area contributed by atoms with Crippen LogP contribution in [-0.4, -0.2) is 24.6 Å². The van der Waals surface area contributed by atoms with Gasteiger partial charge < -0.3 is 14.0 Å². The molecule has 2 rings (SSSR count). The van der Waals surface area contributed by atoms with Crippen molar-refractivity contribution in [2.24, 2.45) is 0 Å². The maximum absolute atomic E-state index is 10.7. The number of ether oxygens (including phenoxy) is 2. The Bertz CT molecular complexity index is 506. The highest BCUT2D eigenvalue weighted by atomic mass is 16.5. The molecule has 0 aliphatic rings. The fourth-order valence-corrected chi connectivity index (χ4v) is 1.67. The SMILES string of the molecule is COc1cc(OCCn2cccc2)ccc1C=O. The molecule has 18 heavy (non-hydrogen) atoms. The van der Waals surface area contributed by atoms with E-state index in [2.05, 4.69) is 0 Å². The summed E-state index contributed by atoms with van der Waals surface area (Å²) in [5, 5.41) is 0. The van der Waals surface area contributed by atoms with Crippen LogP contribution in [0, 0.1) is 0 Å². The lowest BCUT2D eigenvalue weighted by atomic mass is 10.2. The summed E-state index contributed by atoms with van der Waals surface area (Å²) in [6.45, 7) is 1.35. The van der Waals surface area contributed by atoms with Crippen LogP contribution in [0.15, 0.2) is 42.7 Å². The molecule has 1 heterocycles. The largest absolute Gasteiger partial charge is 0.496 e. The second kappa shape index (κ2) is 5.91. The Hall–Kier alpha value is -2.23. The van der Waals surface area contributed by atoms with E-state index in [4.69, 9.17) is 9.47 Å². The van der Waals surface area contributed by atoms with E-state index < -0.39 is 0 Å².